The molecule has 0 aliphatic carbocycles. The van der Waals surface area contributed by atoms with Crippen molar-refractivity contribution in [2.75, 3.05) is 40.3 Å². The lowest BCUT2D eigenvalue weighted by Gasteiger charge is -2.20. The fourth-order valence-corrected chi connectivity index (χ4v) is 2.82. The first kappa shape index (κ1) is 16.8. The molecule has 1 atom stereocenters. The van der Waals surface area contributed by atoms with Crippen molar-refractivity contribution in [1.29, 1.82) is 0 Å². The number of nitrogens with one attached hydrogen (secondary N) is 1. The second-order valence-corrected chi connectivity index (χ2v) is 6.26. The van der Waals surface area contributed by atoms with Crippen molar-refractivity contribution in [3.05, 3.63) is 29.8 Å². The zero-order valence-corrected chi connectivity index (χ0v) is 13.6. The molecule has 0 unspecified atom stereocenters. The van der Waals surface area contributed by atoms with Gasteiger partial charge in [0.15, 0.2) is 0 Å². The average Bonchev–Trinajstić information content (AvgIpc) is 2.94. The van der Waals surface area contributed by atoms with Crippen LogP contribution in [0.15, 0.2) is 24.3 Å². The molecule has 2 N–H and O–H groups in total. The molecule has 0 bridgehead atoms. The number of phenolic OH excluding ortho intramolecular Hbond substituents is 1. The monoisotopic (exact) mass is 305 g/mol. The summed E-state index contributed by atoms with van der Waals surface area (Å²) in [6.45, 7) is 3.19. The first-order valence-electron chi connectivity index (χ1n) is 7.98. The van der Waals surface area contributed by atoms with Crippen LogP contribution in [0, 0.1) is 0 Å². The number of amides is 1. The van der Waals surface area contributed by atoms with Gasteiger partial charge in [0.05, 0.1) is 6.54 Å². The number of aromatic hydroxyl groups is 1. The summed E-state index contributed by atoms with van der Waals surface area (Å²) in [6.07, 6.45) is 2.96. The van der Waals surface area contributed by atoms with Gasteiger partial charge < -0.3 is 15.3 Å². The van der Waals surface area contributed by atoms with Crippen LogP contribution < -0.4 is 5.32 Å². The zero-order chi connectivity index (χ0) is 15.9. The molecule has 1 heterocycles. The Labute approximate surface area is 132 Å². The number of carbonyl (C=O) groups excluding carboxylic acids is 1. The summed E-state index contributed by atoms with van der Waals surface area (Å²) in [4.78, 5) is 16.4. The van der Waals surface area contributed by atoms with E-state index in [4.69, 9.17) is 0 Å². The van der Waals surface area contributed by atoms with Crippen LogP contribution in [-0.2, 0) is 11.2 Å². The molecule has 2 rings (SSSR count). The van der Waals surface area contributed by atoms with E-state index in [-0.39, 0.29) is 5.91 Å². The summed E-state index contributed by atoms with van der Waals surface area (Å²) in [5, 5.41) is 12.2. The van der Waals surface area contributed by atoms with E-state index in [2.05, 4.69) is 29.2 Å². The molecule has 0 aromatic heterocycles. The highest BCUT2D eigenvalue weighted by atomic mass is 16.3. The molecule has 5 heteroatoms. The third-order valence-electron chi connectivity index (χ3n) is 4.25. The van der Waals surface area contributed by atoms with Crippen molar-refractivity contribution in [3.63, 3.8) is 0 Å². The zero-order valence-electron chi connectivity index (χ0n) is 13.6. The van der Waals surface area contributed by atoms with Gasteiger partial charge in [-0.3, -0.25) is 9.69 Å². The molecule has 1 aromatic carbocycles. The number of likely N-dealkylation sites (tertiary alicyclic amines) is 1. The molecule has 1 saturated heterocycles. The van der Waals surface area contributed by atoms with E-state index in [1.807, 2.05) is 12.1 Å². The molecular formula is C17H27N3O2. The van der Waals surface area contributed by atoms with Gasteiger partial charge in [0.25, 0.3) is 0 Å². The Hall–Kier alpha value is -1.59. The molecule has 22 heavy (non-hydrogen) atoms. The minimum Gasteiger partial charge on any atom is -0.508 e. The lowest BCUT2D eigenvalue weighted by molar-refractivity contribution is -0.122. The van der Waals surface area contributed by atoms with Crippen LogP contribution in [0.5, 0.6) is 5.75 Å². The Balaban J connectivity index is 1.59. The van der Waals surface area contributed by atoms with Gasteiger partial charge in [0, 0.05) is 25.7 Å². The van der Waals surface area contributed by atoms with Crippen molar-refractivity contribution in [3.8, 4) is 5.75 Å². The highest BCUT2D eigenvalue weighted by Gasteiger charge is 2.24. The standard InChI is InChI=1S/C17H27N3O2/c1-19(2)15-9-11-20(12-15)13-17(22)18-10-3-4-14-5-7-16(21)8-6-14/h5-8,15,21H,3-4,9-13H2,1-2H3,(H,18,22)/t15-/m0/s1. The van der Waals surface area contributed by atoms with Crippen LogP contribution in [-0.4, -0.2) is 67.1 Å². The van der Waals surface area contributed by atoms with Crippen molar-refractivity contribution in [2.24, 2.45) is 0 Å². The lowest BCUT2D eigenvalue weighted by atomic mass is 10.1. The van der Waals surface area contributed by atoms with Gasteiger partial charge in [-0.05, 0) is 51.1 Å². The lowest BCUT2D eigenvalue weighted by Crippen LogP contribution is -2.38. The van der Waals surface area contributed by atoms with Gasteiger partial charge in [-0.1, -0.05) is 12.1 Å². The van der Waals surface area contributed by atoms with Gasteiger partial charge in [0.1, 0.15) is 5.75 Å². The van der Waals surface area contributed by atoms with E-state index in [1.165, 1.54) is 5.56 Å². The second kappa shape index (κ2) is 8.15. The number of hydrogen-bond acceptors (Lipinski definition) is 4. The molecule has 122 valence electrons. The van der Waals surface area contributed by atoms with E-state index in [0.29, 0.717) is 24.9 Å². The fourth-order valence-electron chi connectivity index (χ4n) is 2.82. The van der Waals surface area contributed by atoms with Crippen molar-refractivity contribution in [1.82, 2.24) is 15.1 Å². The molecule has 0 spiro atoms. The van der Waals surface area contributed by atoms with E-state index in [1.54, 1.807) is 12.1 Å². The van der Waals surface area contributed by atoms with Crippen LogP contribution >= 0.6 is 0 Å². The minimum atomic E-state index is 0.116. The Morgan fingerprint density at radius 3 is 2.73 bits per heavy atom. The first-order valence-corrected chi connectivity index (χ1v) is 7.98. The fraction of sp³-hybridized carbons (Fsp3) is 0.588. The summed E-state index contributed by atoms with van der Waals surface area (Å²) >= 11 is 0. The Morgan fingerprint density at radius 2 is 2.09 bits per heavy atom. The molecule has 1 aliphatic heterocycles. The second-order valence-electron chi connectivity index (χ2n) is 6.26. The Morgan fingerprint density at radius 1 is 1.36 bits per heavy atom. The highest BCUT2D eigenvalue weighted by molar-refractivity contribution is 5.78. The summed E-state index contributed by atoms with van der Waals surface area (Å²) < 4.78 is 0. The summed E-state index contributed by atoms with van der Waals surface area (Å²) in [6, 6.07) is 7.80. The molecular weight excluding hydrogens is 278 g/mol. The number of nitrogens with zero attached hydrogens (tertiary/aromatic N) is 2. The number of carbonyl (C=O) groups is 1. The summed E-state index contributed by atoms with van der Waals surface area (Å²) in [5.74, 6) is 0.406. The van der Waals surface area contributed by atoms with E-state index in [9.17, 15) is 9.90 Å². The largest absolute Gasteiger partial charge is 0.508 e. The van der Waals surface area contributed by atoms with Crippen LogP contribution in [0.3, 0.4) is 0 Å². The Bertz CT molecular complexity index is 473. The predicted octanol–water partition coefficient (Wildman–Crippen LogP) is 1.08. The highest BCUT2D eigenvalue weighted by Crippen LogP contribution is 2.12. The number of hydrogen-bond donors (Lipinski definition) is 2. The SMILES string of the molecule is CN(C)[C@H]1CCN(CC(=O)NCCCc2ccc(O)cc2)C1. The van der Waals surface area contributed by atoms with Crippen LogP contribution in [0.4, 0.5) is 0 Å². The van der Waals surface area contributed by atoms with E-state index < -0.39 is 0 Å². The molecule has 1 fully saturated rings. The van der Waals surface area contributed by atoms with Crippen molar-refractivity contribution < 1.29 is 9.90 Å². The van der Waals surface area contributed by atoms with Crippen LogP contribution in [0.25, 0.3) is 0 Å². The van der Waals surface area contributed by atoms with Gasteiger partial charge in [-0.2, -0.15) is 0 Å². The van der Waals surface area contributed by atoms with E-state index >= 15 is 0 Å². The van der Waals surface area contributed by atoms with Gasteiger partial charge in [0.2, 0.25) is 5.91 Å². The van der Waals surface area contributed by atoms with E-state index in [0.717, 1.165) is 32.4 Å². The van der Waals surface area contributed by atoms with Crippen LogP contribution in [0.2, 0.25) is 0 Å². The molecule has 1 aliphatic rings. The molecule has 5 nitrogen and oxygen atoms in total. The van der Waals surface area contributed by atoms with Gasteiger partial charge in [-0.25, -0.2) is 0 Å². The maximum absolute atomic E-state index is 11.9. The normalized spacial score (nSPS) is 18.8. The van der Waals surface area contributed by atoms with Crippen molar-refractivity contribution in [2.45, 2.75) is 25.3 Å². The number of rotatable bonds is 7. The number of benzene rings is 1. The first-order chi connectivity index (χ1) is 10.5. The maximum Gasteiger partial charge on any atom is 0.234 e. The molecule has 0 radical (unpaired) electrons. The average molecular weight is 305 g/mol. The number of likely N-dealkylation sites (N-methyl/N-ethyl adjacent to an activating group) is 1. The third-order valence-corrected chi connectivity index (χ3v) is 4.25. The summed E-state index contributed by atoms with van der Waals surface area (Å²) in [5.41, 5.74) is 1.18. The summed E-state index contributed by atoms with van der Waals surface area (Å²) in [7, 11) is 4.19. The van der Waals surface area contributed by atoms with Crippen LogP contribution in [0.1, 0.15) is 18.4 Å². The number of phenols is 1. The topological polar surface area (TPSA) is 55.8 Å². The van der Waals surface area contributed by atoms with Gasteiger partial charge in [-0.15, -0.1) is 0 Å². The Kier molecular flexibility index (Phi) is 6.21. The molecule has 0 saturated carbocycles. The number of aryl methyl sites for hydroxylation is 1. The smallest absolute Gasteiger partial charge is 0.234 e. The quantitative estimate of drug-likeness (QED) is 0.740. The maximum atomic E-state index is 11.9. The predicted molar refractivity (Wildman–Crippen MR) is 88.0 cm³/mol. The van der Waals surface area contributed by atoms with Crippen molar-refractivity contribution >= 4 is 5.91 Å². The minimum absolute atomic E-state index is 0.116. The molecule has 1 amide bonds. The molecule has 1 aromatic rings. The van der Waals surface area contributed by atoms with Gasteiger partial charge >= 0.3 is 0 Å². The third kappa shape index (κ3) is 5.31.